The average molecular weight is 407 g/mol. The monoisotopic (exact) mass is 406 g/mol. The summed E-state index contributed by atoms with van der Waals surface area (Å²) in [7, 11) is 0. The number of aryl methyl sites for hydroxylation is 1. The molecule has 0 spiro atoms. The first-order valence-corrected chi connectivity index (χ1v) is 10.5. The van der Waals surface area contributed by atoms with Gasteiger partial charge >= 0.3 is 0 Å². The lowest BCUT2D eigenvalue weighted by Gasteiger charge is -2.14. The molecular formula is C23H22N2O3S. The van der Waals surface area contributed by atoms with E-state index in [9.17, 15) is 9.90 Å². The number of hydrogen-bond donors (Lipinski definition) is 1. The molecule has 0 aliphatic heterocycles. The van der Waals surface area contributed by atoms with Gasteiger partial charge in [-0.1, -0.05) is 49.4 Å². The van der Waals surface area contributed by atoms with Crippen LogP contribution in [0.3, 0.4) is 0 Å². The normalized spacial score (nSPS) is 12.2. The quantitative estimate of drug-likeness (QED) is 0.501. The van der Waals surface area contributed by atoms with E-state index in [-0.39, 0.29) is 18.7 Å². The van der Waals surface area contributed by atoms with Crippen LogP contribution in [0.1, 0.15) is 12.5 Å². The molecule has 4 aromatic rings. The summed E-state index contributed by atoms with van der Waals surface area (Å²) in [4.78, 5) is 18.2. The van der Waals surface area contributed by atoms with Crippen molar-refractivity contribution in [3.8, 4) is 16.9 Å². The highest BCUT2D eigenvalue weighted by molar-refractivity contribution is 7.17. The molecule has 0 unspecified atom stereocenters. The fourth-order valence-electron chi connectivity index (χ4n) is 3.22. The molecule has 4 rings (SSSR count). The van der Waals surface area contributed by atoms with Crippen LogP contribution in [-0.2, 0) is 13.0 Å². The van der Waals surface area contributed by atoms with Gasteiger partial charge < -0.3 is 9.84 Å². The molecule has 1 atom stereocenters. The second-order valence-electron chi connectivity index (χ2n) is 6.86. The van der Waals surface area contributed by atoms with Crippen LogP contribution >= 0.6 is 11.3 Å². The lowest BCUT2D eigenvalue weighted by atomic mass is 10.1. The minimum atomic E-state index is -0.823. The smallest absolute Gasteiger partial charge is 0.262 e. The van der Waals surface area contributed by atoms with E-state index in [1.807, 2.05) is 60.0 Å². The lowest BCUT2D eigenvalue weighted by molar-refractivity contribution is 0.0915. The van der Waals surface area contributed by atoms with Crippen molar-refractivity contribution in [2.24, 2.45) is 0 Å². The summed E-state index contributed by atoms with van der Waals surface area (Å²) in [6.45, 7) is 2.32. The van der Waals surface area contributed by atoms with Crippen LogP contribution in [0.2, 0.25) is 0 Å². The first-order chi connectivity index (χ1) is 14.2. The highest BCUT2D eigenvalue weighted by Gasteiger charge is 2.15. The molecular weight excluding hydrogens is 384 g/mol. The van der Waals surface area contributed by atoms with Gasteiger partial charge in [0.25, 0.3) is 5.56 Å². The van der Waals surface area contributed by atoms with Crippen LogP contribution in [0.15, 0.2) is 71.1 Å². The van der Waals surface area contributed by atoms with Crippen LogP contribution < -0.4 is 10.3 Å². The minimum Gasteiger partial charge on any atom is -0.491 e. The van der Waals surface area contributed by atoms with E-state index in [0.29, 0.717) is 16.0 Å². The topological polar surface area (TPSA) is 64.3 Å². The molecule has 2 aromatic carbocycles. The number of aliphatic hydroxyl groups excluding tert-OH is 1. The zero-order valence-corrected chi connectivity index (χ0v) is 16.9. The molecule has 2 heterocycles. The SMILES string of the molecule is CCc1ccc(OC[C@@H](O)Cn2cnc3scc(-c4ccccc4)c3c2=O)cc1. The van der Waals surface area contributed by atoms with Crippen LogP contribution in [0.4, 0.5) is 0 Å². The predicted molar refractivity (Wildman–Crippen MR) is 117 cm³/mol. The number of hydrogen-bond acceptors (Lipinski definition) is 5. The van der Waals surface area contributed by atoms with Gasteiger partial charge in [-0.2, -0.15) is 0 Å². The fourth-order valence-corrected chi connectivity index (χ4v) is 4.13. The number of benzene rings is 2. The number of thiophene rings is 1. The van der Waals surface area contributed by atoms with Crippen LogP contribution in [0.25, 0.3) is 21.3 Å². The molecule has 0 radical (unpaired) electrons. The van der Waals surface area contributed by atoms with Crippen LogP contribution in [0, 0.1) is 0 Å². The van der Waals surface area contributed by atoms with E-state index in [2.05, 4.69) is 11.9 Å². The first kappa shape index (κ1) is 19.4. The molecule has 0 aliphatic rings. The number of aromatic nitrogens is 2. The lowest BCUT2D eigenvalue weighted by Crippen LogP contribution is -2.30. The van der Waals surface area contributed by atoms with Gasteiger partial charge in [0.05, 0.1) is 18.3 Å². The minimum absolute atomic E-state index is 0.102. The highest BCUT2D eigenvalue weighted by atomic mass is 32.1. The van der Waals surface area contributed by atoms with Gasteiger partial charge in [-0.25, -0.2) is 4.98 Å². The highest BCUT2D eigenvalue weighted by Crippen LogP contribution is 2.30. The van der Waals surface area contributed by atoms with E-state index in [1.54, 1.807) is 0 Å². The van der Waals surface area contributed by atoms with Crippen molar-refractivity contribution in [1.29, 1.82) is 0 Å². The van der Waals surface area contributed by atoms with E-state index < -0.39 is 6.10 Å². The Morgan fingerprint density at radius 1 is 1.14 bits per heavy atom. The summed E-state index contributed by atoms with van der Waals surface area (Å²) in [6, 6.07) is 17.6. The molecule has 0 amide bonds. The van der Waals surface area contributed by atoms with E-state index in [4.69, 9.17) is 4.74 Å². The number of nitrogens with zero attached hydrogens (tertiary/aromatic N) is 2. The van der Waals surface area contributed by atoms with Gasteiger partial charge in [-0.15, -0.1) is 11.3 Å². The van der Waals surface area contributed by atoms with Gasteiger partial charge in [0.15, 0.2) is 0 Å². The third-order valence-corrected chi connectivity index (χ3v) is 5.71. The summed E-state index contributed by atoms with van der Waals surface area (Å²) in [6.07, 6.45) is 1.64. The molecule has 0 bridgehead atoms. The fraction of sp³-hybridized carbons (Fsp3) is 0.217. The van der Waals surface area contributed by atoms with Crippen molar-refractivity contribution in [3.05, 3.63) is 82.2 Å². The Labute approximate surface area is 172 Å². The molecule has 29 heavy (non-hydrogen) atoms. The maximum Gasteiger partial charge on any atom is 0.262 e. The first-order valence-electron chi connectivity index (χ1n) is 9.57. The van der Waals surface area contributed by atoms with Crippen molar-refractivity contribution in [2.45, 2.75) is 26.0 Å². The second-order valence-corrected chi connectivity index (χ2v) is 7.72. The number of rotatable bonds is 7. The van der Waals surface area contributed by atoms with E-state index in [1.165, 1.54) is 27.8 Å². The Bertz CT molecular complexity index is 1150. The zero-order valence-electron chi connectivity index (χ0n) is 16.1. The largest absolute Gasteiger partial charge is 0.491 e. The number of fused-ring (bicyclic) bond motifs is 1. The standard InChI is InChI=1S/C23H22N2O3S/c1-2-16-8-10-19(11-9-16)28-13-18(26)12-25-15-24-22-21(23(25)27)20(14-29-22)17-6-4-3-5-7-17/h3-11,14-15,18,26H,2,12-13H2,1H3/t18-/m0/s1. The summed E-state index contributed by atoms with van der Waals surface area (Å²) in [5.41, 5.74) is 2.93. The van der Waals surface area contributed by atoms with E-state index in [0.717, 1.165) is 17.5 Å². The molecule has 0 saturated heterocycles. The van der Waals surface area contributed by atoms with Crippen LogP contribution in [-0.4, -0.2) is 27.4 Å². The van der Waals surface area contributed by atoms with Crippen molar-refractivity contribution in [3.63, 3.8) is 0 Å². The van der Waals surface area contributed by atoms with Crippen molar-refractivity contribution >= 4 is 21.6 Å². The molecule has 0 fully saturated rings. The Balaban J connectivity index is 1.51. The zero-order chi connectivity index (χ0) is 20.2. The Morgan fingerprint density at radius 2 is 1.90 bits per heavy atom. The van der Waals surface area contributed by atoms with E-state index >= 15 is 0 Å². The molecule has 0 saturated carbocycles. The van der Waals surface area contributed by atoms with Gasteiger partial charge in [-0.05, 0) is 29.7 Å². The molecule has 148 valence electrons. The summed E-state index contributed by atoms with van der Waals surface area (Å²) in [5.74, 6) is 0.700. The van der Waals surface area contributed by atoms with Crippen molar-refractivity contribution < 1.29 is 9.84 Å². The van der Waals surface area contributed by atoms with Crippen LogP contribution in [0.5, 0.6) is 5.75 Å². The number of ether oxygens (including phenoxy) is 1. The molecule has 5 nitrogen and oxygen atoms in total. The van der Waals surface area contributed by atoms with Gasteiger partial charge in [0, 0.05) is 10.9 Å². The van der Waals surface area contributed by atoms with Gasteiger partial charge in [0.2, 0.25) is 0 Å². The molecule has 1 N–H and O–H groups in total. The Hall–Kier alpha value is -2.96. The van der Waals surface area contributed by atoms with Gasteiger partial charge in [-0.3, -0.25) is 9.36 Å². The summed E-state index contributed by atoms with van der Waals surface area (Å²) in [5, 5.41) is 12.9. The third kappa shape index (κ3) is 4.23. The molecule has 0 aliphatic carbocycles. The number of aliphatic hydroxyl groups is 1. The predicted octanol–water partition coefficient (Wildman–Crippen LogP) is 4.13. The average Bonchev–Trinajstić information content (AvgIpc) is 3.20. The summed E-state index contributed by atoms with van der Waals surface area (Å²) >= 11 is 1.45. The summed E-state index contributed by atoms with van der Waals surface area (Å²) < 4.78 is 7.12. The molecule has 6 heteroatoms. The van der Waals surface area contributed by atoms with Crippen molar-refractivity contribution in [2.75, 3.05) is 6.61 Å². The molecule has 2 aromatic heterocycles. The Morgan fingerprint density at radius 3 is 2.62 bits per heavy atom. The maximum atomic E-state index is 13.0. The maximum absolute atomic E-state index is 13.0. The Kier molecular flexibility index (Phi) is 5.74. The second kappa shape index (κ2) is 8.59. The third-order valence-electron chi connectivity index (χ3n) is 4.83. The van der Waals surface area contributed by atoms with Gasteiger partial charge in [0.1, 0.15) is 23.3 Å². The van der Waals surface area contributed by atoms with Crippen molar-refractivity contribution in [1.82, 2.24) is 9.55 Å².